The molecular weight excluding hydrogens is 204 g/mol. The molecule has 1 fully saturated rings. The molecule has 2 rings (SSSR count). The van der Waals surface area contributed by atoms with E-state index in [1.807, 2.05) is 24.7 Å². The van der Waals surface area contributed by atoms with Gasteiger partial charge in [0, 0.05) is 39.4 Å². The van der Waals surface area contributed by atoms with Gasteiger partial charge in [0.2, 0.25) is 5.95 Å². The Bertz CT molecular complexity index is 331. The summed E-state index contributed by atoms with van der Waals surface area (Å²) in [6, 6.07) is 0. The number of ether oxygens (including phenoxy) is 1. The summed E-state index contributed by atoms with van der Waals surface area (Å²) in [5.74, 6) is 0.950. The van der Waals surface area contributed by atoms with Crippen LogP contribution >= 0.6 is 0 Å². The van der Waals surface area contributed by atoms with E-state index >= 15 is 0 Å². The van der Waals surface area contributed by atoms with Crippen LogP contribution in [0.15, 0.2) is 6.20 Å². The molecule has 0 radical (unpaired) electrons. The van der Waals surface area contributed by atoms with Crippen LogP contribution in [-0.2, 0) is 11.8 Å². The monoisotopic (exact) mass is 224 g/mol. The van der Waals surface area contributed by atoms with Crippen LogP contribution in [-0.4, -0.2) is 53.8 Å². The quantitative estimate of drug-likeness (QED) is 0.807. The number of rotatable bonds is 4. The average Bonchev–Trinajstić information content (AvgIpc) is 2.59. The standard InChI is InChI=1S/C11H20N4O/c1-10-9-14(2)11(13-10)12-3-4-15-5-7-16-8-6-15/h9H,3-8H2,1-2H3,(H,12,13). The number of aromatic nitrogens is 2. The maximum Gasteiger partial charge on any atom is 0.202 e. The summed E-state index contributed by atoms with van der Waals surface area (Å²) in [5.41, 5.74) is 1.05. The molecule has 1 aromatic heterocycles. The van der Waals surface area contributed by atoms with E-state index in [9.17, 15) is 0 Å². The van der Waals surface area contributed by atoms with Crippen molar-refractivity contribution in [2.24, 2.45) is 7.05 Å². The fourth-order valence-electron chi connectivity index (χ4n) is 1.93. The van der Waals surface area contributed by atoms with Crippen molar-refractivity contribution >= 4 is 5.95 Å². The topological polar surface area (TPSA) is 42.3 Å². The summed E-state index contributed by atoms with van der Waals surface area (Å²) in [5, 5.41) is 3.35. The van der Waals surface area contributed by atoms with Crippen molar-refractivity contribution in [3.63, 3.8) is 0 Å². The molecule has 1 aromatic rings. The highest BCUT2D eigenvalue weighted by molar-refractivity contribution is 5.28. The van der Waals surface area contributed by atoms with Crippen molar-refractivity contribution in [2.45, 2.75) is 6.92 Å². The predicted molar refractivity (Wildman–Crippen MR) is 63.7 cm³/mol. The van der Waals surface area contributed by atoms with Crippen LogP contribution in [0.3, 0.4) is 0 Å². The van der Waals surface area contributed by atoms with Crippen molar-refractivity contribution in [1.29, 1.82) is 0 Å². The molecule has 0 bridgehead atoms. The predicted octanol–water partition coefficient (Wildman–Crippen LogP) is 0.473. The molecule has 0 spiro atoms. The highest BCUT2D eigenvalue weighted by atomic mass is 16.5. The Kier molecular flexibility index (Phi) is 3.79. The Labute approximate surface area is 96.4 Å². The molecule has 1 aliphatic rings. The van der Waals surface area contributed by atoms with E-state index in [0.29, 0.717) is 0 Å². The van der Waals surface area contributed by atoms with E-state index < -0.39 is 0 Å². The van der Waals surface area contributed by atoms with Crippen LogP contribution < -0.4 is 5.32 Å². The number of imidazole rings is 1. The lowest BCUT2D eigenvalue weighted by Gasteiger charge is -2.26. The van der Waals surface area contributed by atoms with Gasteiger partial charge in [-0.2, -0.15) is 0 Å². The molecule has 16 heavy (non-hydrogen) atoms. The first-order valence-electron chi connectivity index (χ1n) is 5.79. The van der Waals surface area contributed by atoms with Gasteiger partial charge in [-0.15, -0.1) is 0 Å². The second-order valence-corrected chi connectivity index (χ2v) is 4.20. The fourth-order valence-corrected chi connectivity index (χ4v) is 1.93. The Morgan fingerprint density at radius 1 is 1.44 bits per heavy atom. The molecule has 90 valence electrons. The summed E-state index contributed by atoms with van der Waals surface area (Å²) in [6.45, 7) is 7.80. The van der Waals surface area contributed by atoms with Gasteiger partial charge in [0.25, 0.3) is 0 Å². The third kappa shape index (κ3) is 2.96. The summed E-state index contributed by atoms with van der Waals surface area (Å²) in [7, 11) is 2.01. The minimum absolute atomic E-state index is 0.863. The number of anilines is 1. The van der Waals surface area contributed by atoms with Crippen LogP contribution in [0.2, 0.25) is 0 Å². The fraction of sp³-hybridized carbons (Fsp3) is 0.727. The largest absolute Gasteiger partial charge is 0.379 e. The second-order valence-electron chi connectivity index (χ2n) is 4.20. The van der Waals surface area contributed by atoms with Gasteiger partial charge < -0.3 is 14.6 Å². The zero-order valence-electron chi connectivity index (χ0n) is 10.1. The molecule has 1 N–H and O–H groups in total. The molecule has 0 unspecified atom stereocenters. The summed E-state index contributed by atoms with van der Waals surface area (Å²) in [6.07, 6.45) is 2.02. The minimum atomic E-state index is 0.863. The van der Waals surface area contributed by atoms with Gasteiger partial charge in [0.15, 0.2) is 0 Å². The molecule has 0 saturated carbocycles. The highest BCUT2D eigenvalue weighted by Gasteiger charge is 2.09. The van der Waals surface area contributed by atoms with Crippen molar-refractivity contribution in [3.05, 3.63) is 11.9 Å². The van der Waals surface area contributed by atoms with Gasteiger partial charge in [0.05, 0.1) is 18.9 Å². The number of morpholine rings is 1. The molecule has 1 aliphatic heterocycles. The van der Waals surface area contributed by atoms with E-state index in [4.69, 9.17) is 4.74 Å². The van der Waals surface area contributed by atoms with E-state index in [0.717, 1.165) is 51.0 Å². The third-order valence-corrected chi connectivity index (χ3v) is 2.81. The molecule has 2 heterocycles. The van der Waals surface area contributed by atoms with Crippen LogP contribution in [0, 0.1) is 6.92 Å². The number of hydrogen-bond acceptors (Lipinski definition) is 4. The Hall–Kier alpha value is -1.07. The zero-order chi connectivity index (χ0) is 11.4. The number of nitrogens with one attached hydrogen (secondary N) is 1. The average molecular weight is 224 g/mol. The maximum atomic E-state index is 5.31. The van der Waals surface area contributed by atoms with Gasteiger partial charge in [-0.05, 0) is 6.92 Å². The van der Waals surface area contributed by atoms with E-state index in [2.05, 4.69) is 15.2 Å². The van der Waals surface area contributed by atoms with Crippen LogP contribution in [0.25, 0.3) is 0 Å². The minimum Gasteiger partial charge on any atom is -0.379 e. The third-order valence-electron chi connectivity index (χ3n) is 2.81. The van der Waals surface area contributed by atoms with Crippen LogP contribution in [0.1, 0.15) is 5.69 Å². The van der Waals surface area contributed by atoms with Crippen molar-refractivity contribution < 1.29 is 4.74 Å². The maximum absolute atomic E-state index is 5.31. The summed E-state index contributed by atoms with van der Waals surface area (Å²) < 4.78 is 7.33. The van der Waals surface area contributed by atoms with Crippen molar-refractivity contribution in [2.75, 3.05) is 44.7 Å². The van der Waals surface area contributed by atoms with E-state index in [1.54, 1.807) is 0 Å². The van der Waals surface area contributed by atoms with Gasteiger partial charge in [-0.3, -0.25) is 4.90 Å². The molecule has 5 heteroatoms. The Morgan fingerprint density at radius 3 is 2.81 bits per heavy atom. The number of aryl methyl sites for hydroxylation is 2. The summed E-state index contributed by atoms with van der Waals surface area (Å²) in [4.78, 5) is 6.81. The molecule has 1 saturated heterocycles. The molecule has 0 atom stereocenters. The number of nitrogens with zero attached hydrogens (tertiary/aromatic N) is 3. The second kappa shape index (κ2) is 5.32. The van der Waals surface area contributed by atoms with Crippen LogP contribution in [0.5, 0.6) is 0 Å². The molecular formula is C11H20N4O. The van der Waals surface area contributed by atoms with E-state index in [-0.39, 0.29) is 0 Å². The Morgan fingerprint density at radius 2 is 2.19 bits per heavy atom. The molecule has 0 amide bonds. The Balaban J connectivity index is 1.73. The number of hydrogen-bond donors (Lipinski definition) is 1. The molecule has 0 aromatic carbocycles. The SMILES string of the molecule is Cc1cn(C)c(NCCN2CCOCC2)n1. The smallest absolute Gasteiger partial charge is 0.202 e. The first-order valence-corrected chi connectivity index (χ1v) is 5.79. The lowest BCUT2D eigenvalue weighted by Crippen LogP contribution is -2.39. The van der Waals surface area contributed by atoms with Gasteiger partial charge in [-0.1, -0.05) is 0 Å². The lowest BCUT2D eigenvalue weighted by atomic mass is 10.4. The van der Waals surface area contributed by atoms with E-state index in [1.165, 1.54) is 0 Å². The normalized spacial score (nSPS) is 17.6. The van der Waals surface area contributed by atoms with Gasteiger partial charge in [-0.25, -0.2) is 4.98 Å². The first kappa shape index (κ1) is 11.4. The van der Waals surface area contributed by atoms with Crippen molar-refractivity contribution in [3.8, 4) is 0 Å². The van der Waals surface area contributed by atoms with Crippen LogP contribution in [0.4, 0.5) is 5.95 Å². The van der Waals surface area contributed by atoms with Gasteiger partial charge in [0.1, 0.15) is 0 Å². The lowest BCUT2D eigenvalue weighted by molar-refractivity contribution is 0.0398. The van der Waals surface area contributed by atoms with Crippen molar-refractivity contribution in [1.82, 2.24) is 14.5 Å². The zero-order valence-corrected chi connectivity index (χ0v) is 10.1. The molecule has 0 aliphatic carbocycles. The highest BCUT2D eigenvalue weighted by Crippen LogP contribution is 2.05. The summed E-state index contributed by atoms with van der Waals surface area (Å²) >= 11 is 0. The van der Waals surface area contributed by atoms with Gasteiger partial charge >= 0.3 is 0 Å². The first-order chi connectivity index (χ1) is 7.75. The molecule has 5 nitrogen and oxygen atoms in total.